The second-order valence-corrected chi connectivity index (χ2v) is 6.78. The molecule has 0 saturated carbocycles. The Morgan fingerprint density at radius 3 is 2.30 bits per heavy atom. The lowest BCUT2D eigenvalue weighted by atomic mass is 10.2. The average molecular weight is 348 g/mol. The molecule has 0 heterocycles. The first-order chi connectivity index (χ1) is 9.65. The molecule has 2 rings (SSSR count). The van der Waals surface area contributed by atoms with Gasteiger partial charge in [-0.25, -0.2) is 0 Å². The fourth-order valence-electron chi connectivity index (χ4n) is 1.71. The van der Waals surface area contributed by atoms with Crippen molar-refractivity contribution in [3.8, 4) is 0 Å². The van der Waals surface area contributed by atoms with Gasteiger partial charge in [0.25, 0.3) is 0 Å². The molecule has 0 N–H and O–H groups in total. The molecular weight excluding hydrogens is 330 g/mol. The van der Waals surface area contributed by atoms with Gasteiger partial charge in [0.05, 0.1) is 0 Å². The number of benzene rings is 2. The summed E-state index contributed by atoms with van der Waals surface area (Å²) in [6.45, 7) is 0.936. The smallest absolute Gasteiger partial charge is 0.0175 e. The third-order valence-electron chi connectivity index (χ3n) is 2.74. The van der Waals surface area contributed by atoms with Crippen LogP contribution in [0.5, 0.6) is 0 Å². The number of hydrogen-bond acceptors (Lipinski definition) is 2. The predicted molar refractivity (Wildman–Crippen MR) is 93.0 cm³/mol. The number of hydrogen-bond donors (Lipinski definition) is 0. The van der Waals surface area contributed by atoms with Crippen molar-refractivity contribution < 1.29 is 0 Å². The van der Waals surface area contributed by atoms with E-state index in [1.807, 2.05) is 17.8 Å². The number of halogens is 1. The summed E-state index contributed by atoms with van der Waals surface area (Å²) in [5.74, 6) is 0. The first-order valence-electron chi connectivity index (χ1n) is 6.49. The van der Waals surface area contributed by atoms with Crippen LogP contribution in [-0.2, 0) is 0 Å². The highest BCUT2D eigenvalue weighted by atomic mass is 79.9. The summed E-state index contributed by atoms with van der Waals surface area (Å²) >= 11 is 5.30. The van der Waals surface area contributed by atoms with Gasteiger partial charge >= 0.3 is 0 Å². The minimum absolute atomic E-state index is 0.936. The van der Waals surface area contributed by atoms with E-state index in [4.69, 9.17) is 0 Å². The van der Waals surface area contributed by atoms with Crippen molar-refractivity contribution in [3.05, 3.63) is 70.7 Å². The van der Waals surface area contributed by atoms with Gasteiger partial charge in [-0.15, -0.1) is 0 Å². The van der Waals surface area contributed by atoms with Crippen LogP contribution in [0.25, 0.3) is 4.91 Å². The van der Waals surface area contributed by atoms with Crippen molar-refractivity contribution in [2.45, 2.75) is 4.90 Å². The molecule has 20 heavy (non-hydrogen) atoms. The van der Waals surface area contributed by atoms with Crippen LogP contribution in [0.2, 0.25) is 0 Å². The maximum absolute atomic E-state index is 3.49. The van der Waals surface area contributed by atoms with E-state index in [2.05, 4.69) is 89.5 Å². The van der Waals surface area contributed by atoms with Crippen LogP contribution in [-0.4, -0.2) is 25.5 Å². The van der Waals surface area contributed by atoms with Crippen molar-refractivity contribution in [3.63, 3.8) is 0 Å². The lowest BCUT2D eigenvalue weighted by Gasteiger charge is -2.11. The standard InChI is InChI=1S/C17H18BrNS/c1-19(2)13-12-17(14-8-10-15(18)11-9-14)20-16-6-4-3-5-7-16/h3-12H,13H2,1-2H3/b17-12-. The Hall–Kier alpha value is -1.03. The van der Waals surface area contributed by atoms with E-state index in [0.29, 0.717) is 0 Å². The summed E-state index contributed by atoms with van der Waals surface area (Å²) < 4.78 is 1.11. The van der Waals surface area contributed by atoms with Crippen molar-refractivity contribution in [1.29, 1.82) is 0 Å². The lowest BCUT2D eigenvalue weighted by molar-refractivity contribution is 0.457. The fourth-order valence-corrected chi connectivity index (χ4v) is 2.94. The van der Waals surface area contributed by atoms with Crippen molar-refractivity contribution in [1.82, 2.24) is 4.90 Å². The van der Waals surface area contributed by atoms with Crippen LogP contribution in [0.1, 0.15) is 5.56 Å². The van der Waals surface area contributed by atoms with Crippen LogP contribution < -0.4 is 0 Å². The van der Waals surface area contributed by atoms with Gasteiger partial charge in [0.2, 0.25) is 0 Å². The summed E-state index contributed by atoms with van der Waals surface area (Å²) in [5.41, 5.74) is 1.25. The van der Waals surface area contributed by atoms with Crippen LogP contribution in [0.4, 0.5) is 0 Å². The molecule has 0 radical (unpaired) electrons. The third kappa shape index (κ3) is 4.82. The molecule has 1 nitrogen and oxygen atoms in total. The maximum atomic E-state index is 3.49. The second kappa shape index (κ2) is 7.67. The Kier molecular flexibility index (Phi) is 5.89. The monoisotopic (exact) mass is 347 g/mol. The molecule has 0 unspecified atom stereocenters. The molecule has 0 amide bonds. The van der Waals surface area contributed by atoms with Crippen molar-refractivity contribution in [2.75, 3.05) is 20.6 Å². The zero-order valence-corrected chi connectivity index (χ0v) is 14.1. The molecule has 0 fully saturated rings. The molecule has 0 aliphatic rings. The lowest BCUT2D eigenvalue weighted by Crippen LogP contribution is -2.10. The summed E-state index contributed by atoms with van der Waals surface area (Å²) in [7, 11) is 4.17. The molecule has 0 spiro atoms. The van der Waals surface area contributed by atoms with E-state index in [1.165, 1.54) is 15.4 Å². The van der Waals surface area contributed by atoms with Crippen LogP contribution >= 0.6 is 27.7 Å². The molecule has 0 bridgehead atoms. The largest absolute Gasteiger partial charge is 0.306 e. The average Bonchev–Trinajstić information content (AvgIpc) is 2.45. The summed E-state index contributed by atoms with van der Waals surface area (Å²) in [6, 6.07) is 19.0. The Morgan fingerprint density at radius 1 is 1.05 bits per heavy atom. The first kappa shape index (κ1) is 15.4. The highest BCUT2D eigenvalue weighted by molar-refractivity contribution is 9.10. The van der Waals surface area contributed by atoms with Gasteiger partial charge in [-0.05, 0) is 43.9 Å². The molecule has 0 aliphatic heterocycles. The highest BCUT2D eigenvalue weighted by Crippen LogP contribution is 2.34. The van der Waals surface area contributed by atoms with E-state index < -0.39 is 0 Å². The molecule has 104 valence electrons. The Bertz CT molecular complexity index is 561. The van der Waals surface area contributed by atoms with Crippen LogP contribution in [0.3, 0.4) is 0 Å². The molecule has 3 heteroatoms. The molecule has 2 aromatic rings. The van der Waals surface area contributed by atoms with Gasteiger partial charge in [0.15, 0.2) is 0 Å². The second-order valence-electron chi connectivity index (χ2n) is 4.75. The van der Waals surface area contributed by atoms with Gasteiger partial charge in [-0.1, -0.05) is 64.1 Å². The van der Waals surface area contributed by atoms with E-state index >= 15 is 0 Å². The zero-order chi connectivity index (χ0) is 14.4. The van der Waals surface area contributed by atoms with E-state index in [1.54, 1.807) is 0 Å². The SMILES string of the molecule is CN(C)C/C=C(\Sc1ccccc1)c1ccc(Br)cc1. The molecular formula is C17H18BrNS. The van der Waals surface area contributed by atoms with Gasteiger partial charge < -0.3 is 4.90 Å². The quantitative estimate of drug-likeness (QED) is 0.688. The minimum atomic E-state index is 0.936. The van der Waals surface area contributed by atoms with Gasteiger partial charge in [-0.2, -0.15) is 0 Å². The third-order valence-corrected chi connectivity index (χ3v) is 4.40. The van der Waals surface area contributed by atoms with Crippen molar-refractivity contribution >= 4 is 32.6 Å². The number of nitrogens with zero attached hydrogens (tertiary/aromatic N) is 1. The number of likely N-dealkylation sites (N-methyl/N-ethyl adjacent to an activating group) is 1. The molecule has 0 aromatic heterocycles. The van der Waals surface area contributed by atoms with E-state index in [0.717, 1.165) is 11.0 Å². The summed E-state index contributed by atoms with van der Waals surface area (Å²) in [4.78, 5) is 4.72. The van der Waals surface area contributed by atoms with E-state index in [-0.39, 0.29) is 0 Å². The van der Waals surface area contributed by atoms with Crippen LogP contribution in [0.15, 0.2) is 70.0 Å². The Balaban J connectivity index is 2.25. The maximum Gasteiger partial charge on any atom is 0.0175 e. The molecule has 0 saturated heterocycles. The van der Waals surface area contributed by atoms with Gasteiger partial charge in [-0.3, -0.25) is 0 Å². The highest BCUT2D eigenvalue weighted by Gasteiger charge is 2.04. The topological polar surface area (TPSA) is 3.24 Å². The Labute approximate surface area is 133 Å². The molecule has 2 aromatic carbocycles. The minimum Gasteiger partial charge on any atom is -0.306 e. The first-order valence-corrected chi connectivity index (χ1v) is 8.10. The summed E-state index contributed by atoms with van der Waals surface area (Å²) in [6.07, 6.45) is 2.28. The normalized spacial score (nSPS) is 11.9. The van der Waals surface area contributed by atoms with Gasteiger partial charge in [0.1, 0.15) is 0 Å². The predicted octanol–water partition coefficient (Wildman–Crippen LogP) is 5.14. The Morgan fingerprint density at radius 2 is 1.70 bits per heavy atom. The van der Waals surface area contributed by atoms with Gasteiger partial charge in [0, 0.05) is 20.8 Å². The fraction of sp³-hybridized carbons (Fsp3) is 0.176. The molecule has 0 aliphatic carbocycles. The van der Waals surface area contributed by atoms with Crippen molar-refractivity contribution in [2.24, 2.45) is 0 Å². The van der Waals surface area contributed by atoms with E-state index in [9.17, 15) is 0 Å². The molecule has 0 atom stereocenters. The summed E-state index contributed by atoms with van der Waals surface area (Å²) in [5, 5.41) is 0. The van der Waals surface area contributed by atoms with Crippen LogP contribution in [0, 0.1) is 0 Å². The number of rotatable bonds is 5. The number of thioether (sulfide) groups is 1. The zero-order valence-electron chi connectivity index (χ0n) is 11.7.